The number of quaternary nitrogens is 1. The van der Waals surface area contributed by atoms with Crippen molar-refractivity contribution in [3.63, 3.8) is 0 Å². The fourth-order valence-corrected chi connectivity index (χ4v) is 4.51. The van der Waals surface area contributed by atoms with Crippen LogP contribution in [0.1, 0.15) is 11.1 Å². The van der Waals surface area contributed by atoms with Crippen molar-refractivity contribution in [1.82, 2.24) is 9.21 Å². The van der Waals surface area contributed by atoms with Crippen molar-refractivity contribution in [2.75, 3.05) is 33.2 Å². The van der Waals surface area contributed by atoms with E-state index in [0.717, 1.165) is 23.0 Å². The number of hydrogen-bond donors (Lipinski definition) is 1. The average Bonchev–Trinajstić information content (AvgIpc) is 2.66. The van der Waals surface area contributed by atoms with Crippen molar-refractivity contribution in [2.24, 2.45) is 0 Å². The van der Waals surface area contributed by atoms with E-state index in [1.165, 1.54) is 35.2 Å². The molecule has 0 saturated carbocycles. The molecule has 1 aliphatic heterocycles. The number of urea groups is 1. The van der Waals surface area contributed by atoms with Gasteiger partial charge in [-0.25, -0.2) is 21.9 Å². The van der Waals surface area contributed by atoms with Gasteiger partial charge in [-0.1, -0.05) is 29.8 Å². The van der Waals surface area contributed by atoms with Gasteiger partial charge in [-0.15, -0.1) is 0 Å². The number of piperazine rings is 1. The molecule has 1 heterocycles. The van der Waals surface area contributed by atoms with E-state index in [1.807, 2.05) is 14.0 Å². The van der Waals surface area contributed by atoms with E-state index in [-0.39, 0.29) is 11.4 Å². The molecule has 1 fully saturated rings. The first-order valence-corrected chi connectivity index (χ1v) is 10.7. The first-order chi connectivity index (χ1) is 13.3. The van der Waals surface area contributed by atoms with Crippen LogP contribution in [0.15, 0.2) is 53.4 Å². The number of rotatable bonds is 4. The summed E-state index contributed by atoms with van der Waals surface area (Å²) in [6.45, 7) is 4.11. The maximum absolute atomic E-state index is 13.6. The number of carbonyl (C=O) groups excluding carboxylic acids is 1. The van der Waals surface area contributed by atoms with Crippen LogP contribution in [0.2, 0.25) is 0 Å². The molecule has 0 atom stereocenters. The lowest BCUT2D eigenvalue weighted by Gasteiger charge is -2.34. The number of aryl methyl sites for hydroxylation is 1. The number of halogens is 1. The molecule has 28 heavy (non-hydrogen) atoms. The van der Waals surface area contributed by atoms with Crippen LogP contribution in [-0.2, 0) is 16.6 Å². The topological polar surface area (TPSA) is 62.1 Å². The second kappa shape index (κ2) is 8.28. The lowest BCUT2D eigenvalue weighted by atomic mass is 10.2. The normalized spacial score (nSPS) is 15.5. The summed E-state index contributed by atoms with van der Waals surface area (Å²) in [4.78, 5) is 16.0. The molecule has 0 aromatic heterocycles. The van der Waals surface area contributed by atoms with Crippen molar-refractivity contribution in [1.29, 1.82) is 0 Å². The molecule has 1 N–H and O–H groups in total. The molecule has 1 saturated heterocycles. The smallest absolute Gasteiger partial charge is 0.334 e. The molecule has 0 aliphatic carbocycles. The molecule has 150 valence electrons. The highest BCUT2D eigenvalue weighted by molar-refractivity contribution is 7.89. The lowest BCUT2D eigenvalue weighted by Crippen LogP contribution is -3.12. The average molecular weight is 407 g/mol. The number of nitrogens with one attached hydrogen (secondary N) is 1. The Labute approximate surface area is 165 Å². The number of hydrogen-bond acceptors (Lipinski definition) is 3. The van der Waals surface area contributed by atoms with E-state index in [2.05, 4.69) is 0 Å². The molecule has 3 rings (SSSR count). The first kappa shape index (κ1) is 20.3. The molecule has 6 nitrogen and oxygen atoms in total. The molecule has 0 radical (unpaired) electrons. The van der Waals surface area contributed by atoms with Gasteiger partial charge in [0.15, 0.2) is 0 Å². The van der Waals surface area contributed by atoms with Gasteiger partial charge in [0.2, 0.25) is 0 Å². The Morgan fingerprint density at radius 1 is 1.14 bits per heavy atom. The highest BCUT2D eigenvalue weighted by Gasteiger charge is 2.34. The van der Waals surface area contributed by atoms with Crippen molar-refractivity contribution < 1.29 is 22.5 Å². The number of nitrogens with zero attached hydrogens (tertiary/aromatic N) is 2. The number of likely N-dealkylation sites (N-methyl/N-ethyl adjacent to an activating group) is 1. The van der Waals surface area contributed by atoms with E-state index in [1.54, 1.807) is 23.1 Å². The van der Waals surface area contributed by atoms with Crippen molar-refractivity contribution in [3.8, 4) is 0 Å². The van der Waals surface area contributed by atoms with E-state index in [0.29, 0.717) is 18.7 Å². The van der Waals surface area contributed by atoms with E-state index < -0.39 is 21.9 Å². The summed E-state index contributed by atoms with van der Waals surface area (Å²) in [5.74, 6) is -0.471. The Bertz CT molecular complexity index is 939. The van der Waals surface area contributed by atoms with Crippen LogP contribution in [0.4, 0.5) is 9.18 Å². The quantitative estimate of drug-likeness (QED) is 0.832. The lowest BCUT2D eigenvalue weighted by molar-refractivity contribution is -0.883. The molecule has 2 aromatic rings. The fourth-order valence-electron chi connectivity index (χ4n) is 3.13. The van der Waals surface area contributed by atoms with Gasteiger partial charge < -0.3 is 9.80 Å². The SMILES string of the molecule is Cc1ccc(S(=O)(=O)N(Cc2cccc(F)c2)C(=O)N2CC[NH+](C)CC2)cc1. The van der Waals surface area contributed by atoms with Gasteiger partial charge in [0.05, 0.1) is 44.7 Å². The first-order valence-electron chi connectivity index (χ1n) is 9.21. The van der Waals surface area contributed by atoms with Gasteiger partial charge in [0.25, 0.3) is 10.0 Å². The maximum atomic E-state index is 13.6. The molecule has 2 amide bonds. The summed E-state index contributed by atoms with van der Waals surface area (Å²) in [6, 6.07) is 11.4. The Hall–Kier alpha value is -2.45. The van der Waals surface area contributed by atoms with Gasteiger partial charge in [0.1, 0.15) is 5.82 Å². The zero-order valence-corrected chi connectivity index (χ0v) is 16.9. The van der Waals surface area contributed by atoms with Crippen molar-refractivity contribution in [3.05, 3.63) is 65.5 Å². The second-order valence-corrected chi connectivity index (χ2v) is 9.04. The largest absolute Gasteiger partial charge is 0.334 e. The third-order valence-electron chi connectivity index (χ3n) is 4.93. The molecule has 8 heteroatoms. The standard InChI is InChI=1S/C20H24FN3O3S/c1-16-6-8-19(9-7-16)28(26,27)24(15-17-4-3-5-18(21)14-17)20(25)23-12-10-22(2)11-13-23/h3-9,14H,10-13,15H2,1-2H3/p+1. The van der Waals surface area contributed by atoms with Crippen LogP contribution in [0.25, 0.3) is 0 Å². The van der Waals surface area contributed by atoms with Crippen molar-refractivity contribution in [2.45, 2.75) is 18.4 Å². The zero-order valence-electron chi connectivity index (χ0n) is 16.1. The van der Waals surface area contributed by atoms with E-state index >= 15 is 0 Å². The minimum absolute atomic E-state index is 0.0441. The van der Waals surface area contributed by atoms with Crippen LogP contribution >= 0.6 is 0 Å². The molecular formula is C20H25FN3O3S+. The monoisotopic (exact) mass is 406 g/mol. The van der Waals surface area contributed by atoms with Gasteiger partial charge in [-0.2, -0.15) is 0 Å². The number of carbonyl (C=O) groups is 1. The predicted octanol–water partition coefficient (Wildman–Crippen LogP) is 1.28. The zero-order chi connectivity index (χ0) is 20.3. The molecule has 0 bridgehead atoms. The van der Waals surface area contributed by atoms with Crippen LogP contribution in [0.3, 0.4) is 0 Å². The maximum Gasteiger partial charge on any atom is 0.334 e. The second-order valence-electron chi connectivity index (χ2n) is 7.18. The summed E-state index contributed by atoms with van der Waals surface area (Å²) < 4.78 is 41.0. The Balaban J connectivity index is 1.95. The molecule has 2 aromatic carbocycles. The fraction of sp³-hybridized carbons (Fsp3) is 0.350. The summed E-state index contributed by atoms with van der Waals surface area (Å²) in [7, 11) is -2.04. The van der Waals surface area contributed by atoms with E-state index in [4.69, 9.17) is 0 Å². The van der Waals surface area contributed by atoms with Crippen LogP contribution in [-0.4, -0.2) is 56.9 Å². The third kappa shape index (κ3) is 4.51. The Morgan fingerprint density at radius 2 is 1.79 bits per heavy atom. The van der Waals surface area contributed by atoms with Gasteiger partial charge in [0, 0.05) is 0 Å². The molecule has 0 unspecified atom stereocenters. The van der Waals surface area contributed by atoms with Gasteiger partial charge in [-0.05, 0) is 36.8 Å². The summed E-state index contributed by atoms with van der Waals surface area (Å²) in [5.41, 5.74) is 1.34. The van der Waals surface area contributed by atoms with Crippen molar-refractivity contribution >= 4 is 16.1 Å². The highest BCUT2D eigenvalue weighted by Crippen LogP contribution is 2.21. The number of amides is 2. The van der Waals surface area contributed by atoms with Gasteiger partial charge >= 0.3 is 6.03 Å². The Kier molecular flexibility index (Phi) is 6.00. The predicted molar refractivity (Wildman–Crippen MR) is 104 cm³/mol. The third-order valence-corrected chi connectivity index (χ3v) is 6.66. The summed E-state index contributed by atoms with van der Waals surface area (Å²) in [5, 5.41) is 0. The molecule has 0 spiro atoms. The molecule has 1 aliphatic rings. The minimum atomic E-state index is -4.08. The van der Waals surface area contributed by atoms with Crippen LogP contribution < -0.4 is 4.90 Å². The summed E-state index contributed by atoms with van der Waals surface area (Å²) in [6.07, 6.45) is 0. The van der Waals surface area contributed by atoms with Crippen LogP contribution in [0, 0.1) is 12.7 Å². The van der Waals surface area contributed by atoms with Gasteiger partial charge in [-0.3, -0.25) is 0 Å². The number of sulfonamides is 1. The highest BCUT2D eigenvalue weighted by atomic mass is 32.2. The molecular weight excluding hydrogens is 381 g/mol. The van der Waals surface area contributed by atoms with E-state index in [9.17, 15) is 17.6 Å². The summed E-state index contributed by atoms with van der Waals surface area (Å²) >= 11 is 0. The Morgan fingerprint density at radius 3 is 2.39 bits per heavy atom. The minimum Gasteiger partial charge on any atom is -0.334 e. The number of benzene rings is 2. The van der Waals surface area contributed by atoms with Crippen LogP contribution in [0.5, 0.6) is 0 Å².